The Hall–Kier alpha value is -5.13. The predicted octanol–water partition coefficient (Wildman–Crippen LogP) is 8.88. The molecular weight excluding hydrogens is 745 g/mol. The third-order valence-electron chi connectivity index (χ3n) is 8.98. The first kappa shape index (κ1) is 43.0. The van der Waals surface area contributed by atoms with Gasteiger partial charge in [0.2, 0.25) is 0 Å². The molecule has 2 N–H and O–H groups in total. The molecule has 0 aliphatic rings. The van der Waals surface area contributed by atoms with Gasteiger partial charge >= 0.3 is 6.03 Å². The van der Waals surface area contributed by atoms with Crippen LogP contribution in [0.3, 0.4) is 0 Å². The molecule has 57 heavy (non-hydrogen) atoms. The number of pyridine rings is 1. The SMILES string of the molecule is COCCOCCOCCOc1cc(Cc2cc(Oc3ccc(NC(=O)Nc4cc(C(C)(C)C)cc(P(C)(C)=O)c4OC)c4ccccc34)ccn2)cc(OC)c1. The number of ether oxygens (including phenoxy) is 7. The van der Waals surface area contributed by atoms with E-state index in [0.29, 0.717) is 91.5 Å². The van der Waals surface area contributed by atoms with Crippen molar-refractivity contribution in [1.29, 1.82) is 0 Å². The van der Waals surface area contributed by atoms with Crippen LogP contribution in [0.1, 0.15) is 37.6 Å². The molecule has 1 heterocycles. The molecule has 2 amide bonds. The molecule has 0 radical (unpaired) electrons. The van der Waals surface area contributed by atoms with E-state index in [1.807, 2.05) is 66.7 Å². The Morgan fingerprint density at radius 3 is 2.09 bits per heavy atom. The van der Waals surface area contributed by atoms with Gasteiger partial charge in [0.15, 0.2) is 5.75 Å². The lowest BCUT2D eigenvalue weighted by molar-refractivity contribution is 0.0179. The summed E-state index contributed by atoms with van der Waals surface area (Å²) in [5.74, 6) is 2.94. The Bertz CT molecular complexity index is 2180. The number of methoxy groups -OCH3 is 3. The summed E-state index contributed by atoms with van der Waals surface area (Å²) in [5, 5.41) is 8.11. The lowest BCUT2D eigenvalue weighted by Crippen LogP contribution is -2.23. The first-order chi connectivity index (χ1) is 27.3. The van der Waals surface area contributed by atoms with E-state index in [2.05, 4.69) is 36.4 Å². The first-order valence-electron chi connectivity index (χ1n) is 18.7. The zero-order valence-corrected chi connectivity index (χ0v) is 35.0. The summed E-state index contributed by atoms with van der Waals surface area (Å²) >= 11 is 0. The second kappa shape index (κ2) is 19.8. The van der Waals surface area contributed by atoms with E-state index < -0.39 is 13.2 Å². The highest BCUT2D eigenvalue weighted by atomic mass is 31.2. The van der Waals surface area contributed by atoms with E-state index in [0.717, 1.165) is 27.6 Å². The number of carbonyl (C=O) groups excluding carboxylic acids is 1. The Morgan fingerprint density at radius 1 is 0.719 bits per heavy atom. The highest BCUT2D eigenvalue weighted by molar-refractivity contribution is 7.70. The normalized spacial score (nSPS) is 11.6. The number of fused-ring (bicyclic) bond motifs is 1. The van der Waals surface area contributed by atoms with Crippen molar-refractivity contribution in [2.75, 3.05) is 84.9 Å². The minimum Gasteiger partial charge on any atom is -0.497 e. The molecule has 0 aliphatic carbocycles. The van der Waals surface area contributed by atoms with Crippen molar-refractivity contribution >= 4 is 40.6 Å². The molecule has 304 valence electrons. The smallest absolute Gasteiger partial charge is 0.323 e. The maximum absolute atomic E-state index is 13.6. The van der Waals surface area contributed by atoms with Crippen LogP contribution in [-0.2, 0) is 30.6 Å². The van der Waals surface area contributed by atoms with E-state index in [9.17, 15) is 9.36 Å². The van der Waals surface area contributed by atoms with Crippen LogP contribution in [0, 0.1) is 0 Å². The van der Waals surface area contributed by atoms with Crippen LogP contribution in [0.4, 0.5) is 16.2 Å². The Morgan fingerprint density at radius 2 is 1.40 bits per heavy atom. The van der Waals surface area contributed by atoms with E-state index in [1.54, 1.807) is 45.9 Å². The molecule has 0 bridgehead atoms. The second-order valence-corrected chi connectivity index (χ2v) is 17.9. The van der Waals surface area contributed by atoms with Gasteiger partial charge in [0.05, 0.1) is 63.9 Å². The molecule has 1 aromatic heterocycles. The monoisotopic (exact) mass is 799 g/mol. The molecular formula is C44H54N3O9P. The van der Waals surface area contributed by atoms with Gasteiger partial charge in [-0.3, -0.25) is 4.98 Å². The van der Waals surface area contributed by atoms with Gasteiger partial charge in [-0.15, -0.1) is 0 Å². The van der Waals surface area contributed by atoms with E-state index in [-0.39, 0.29) is 5.41 Å². The quantitative estimate of drug-likeness (QED) is 0.0616. The van der Waals surface area contributed by atoms with Crippen molar-refractivity contribution < 1.29 is 42.5 Å². The number of amides is 2. The van der Waals surface area contributed by atoms with Crippen molar-refractivity contribution in [3.8, 4) is 28.7 Å². The van der Waals surface area contributed by atoms with Gasteiger partial charge in [-0.05, 0) is 72.3 Å². The average Bonchev–Trinajstić information content (AvgIpc) is 3.17. The number of urea groups is 1. The van der Waals surface area contributed by atoms with Crippen LogP contribution in [0.5, 0.6) is 28.7 Å². The molecule has 0 atom stereocenters. The third-order valence-corrected chi connectivity index (χ3v) is 10.5. The number of benzene rings is 4. The fourth-order valence-corrected chi connectivity index (χ4v) is 7.22. The number of nitrogens with zero attached hydrogens (tertiary/aromatic N) is 1. The van der Waals surface area contributed by atoms with Gasteiger partial charge in [-0.1, -0.05) is 45.0 Å². The second-order valence-electron chi connectivity index (χ2n) is 14.8. The molecule has 4 aromatic carbocycles. The van der Waals surface area contributed by atoms with Crippen molar-refractivity contribution in [3.63, 3.8) is 0 Å². The van der Waals surface area contributed by atoms with Crippen molar-refractivity contribution in [3.05, 3.63) is 102 Å². The molecule has 0 unspecified atom stereocenters. The minimum absolute atomic E-state index is 0.255. The van der Waals surface area contributed by atoms with Gasteiger partial charge in [0, 0.05) is 48.3 Å². The first-order valence-corrected chi connectivity index (χ1v) is 21.3. The highest BCUT2D eigenvalue weighted by Crippen LogP contribution is 2.43. The largest absolute Gasteiger partial charge is 0.497 e. The number of hydrogen-bond acceptors (Lipinski definition) is 10. The summed E-state index contributed by atoms with van der Waals surface area (Å²) in [7, 11) is 2.03. The van der Waals surface area contributed by atoms with Crippen LogP contribution in [0.2, 0.25) is 0 Å². The summed E-state index contributed by atoms with van der Waals surface area (Å²) in [4.78, 5) is 18.2. The van der Waals surface area contributed by atoms with Crippen LogP contribution in [0.15, 0.2) is 85.1 Å². The molecule has 5 rings (SSSR count). The molecule has 0 saturated carbocycles. The number of carbonyl (C=O) groups is 1. The lowest BCUT2D eigenvalue weighted by atomic mass is 9.86. The van der Waals surface area contributed by atoms with E-state index in [4.69, 9.17) is 33.2 Å². The predicted molar refractivity (Wildman–Crippen MR) is 226 cm³/mol. The van der Waals surface area contributed by atoms with Crippen LogP contribution in [0.25, 0.3) is 10.8 Å². The topological polar surface area (TPSA) is 136 Å². The van der Waals surface area contributed by atoms with Gasteiger partial charge in [-0.2, -0.15) is 0 Å². The van der Waals surface area contributed by atoms with Gasteiger partial charge < -0.3 is 48.4 Å². The van der Waals surface area contributed by atoms with Crippen molar-refractivity contribution in [2.45, 2.75) is 32.6 Å². The molecule has 5 aromatic rings. The molecule has 0 aliphatic heterocycles. The van der Waals surface area contributed by atoms with Gasteiger partial charge in [0.1, 0.15) is 36.7 Å². The summed E-state index contributed by atoms with van der Waals surface area (Å²) < 4.78 is 52.9. The highest BCUT2D eigenvalue weighted by Gasteiger charge is 2.26. The molecule has 0 fully saturated rings. The van der Waals surface area contributed by atoms with Crippen molar-refractivity contribution in [1.82, 2.24) is 4.98 Å². The van der Waals surface area contributed by atoms with Gasteiger partial charge in [0.25, 0.3) is 0 Å². The number of nitrogens with one attached hydrogen (secondary N) is 2. The van der Waals surface area contributed by atoms with E-state index in [1.165, 1.54) is 7.11 Å². The summed E-state index contributed by atoms with van der Waals surface area (Å²) in [6, 6.07) is 24.1. The molecule has 12 nitrogen and oxygen atoms in total. The maximum Gasteiger partial charge on any atom is 0.323 e. The molecule has 0 saturated heterocycles. The fourth-order valence-electron chi connectivity index (χ4n) is 6.07. The zero-order valence-electron chi connectivity index (χ0n) is 34.1. The fraction of sp³-hybridized carbons (Fsp3) is 0.364. The van der Waals surface area contributed by atoms with Crippen molar-refractivity contribution in [2.24, 2.45) is 0 Å². The Labute approximate surface area is 335 Å². The number of rotatable bonds is 19. The van der Waals surface area contributed by atoms with Crippen LogP contribution >= 0.6 is 7.14 Å². The third kappa shape index (κ3) is 12.2. The standard InChI is InChI=1S/C44H54N3O9P/c1-44(2,3)31-26-39(42(52-6)41(27-31)57(7,8)49)47-43(48)46-38-13-14-40(37-12-10-9-11-36(37)38)56-33-15-16-45-32(28-33)23-30-24-34(51-5)29-35(25-30)55-22-21-54-20-19-53-18-17-50-4/h9-16,24-29H,17-23H2,1-8H3,(H2,46,47,48). The summed E-state index contributed by atoms with van der Waals surface area (Å²) in [5.41, 5.74) is 3.45. The Balaban J connectivity index is 1.28. The lowest BCUT2D eigenvalue weighted by Gasteiger charge is -2.25. The van der Waals surface area contributed by atoms with Crippen LogP contribution in [-0.4, -0.2) is 85.3 Å². The summed E-state index contributed by atoms with van der Waals surface area (Å²) in [6.07, 6.45) is 2.23. The number of hydrogen-bond donors (Lipinski definition) is 2. The maximum atomic E-state index is 13.6. The molecule has 13 heteroatoms. The average molecular weight is 800 g/mol. The van der Waals surface area contributed by atoms with E-state index >= 15 is 0 Å². The van der Waals surface area contributed by atoms with Gasteiger partial charge in [-0.25, -0.2) is 4.79 Å². The zero-order chi connectivity index (χ0) is 41.0. The minimum atomic E-state index is -2.74. The number of aromatic nitrogens is 1. The molecule has 0 spiro atoms. The van der Waals surface area contributed by atoms with Crippen LogP contribution < -0.4 is 34.9 Å². The Kier molecular flexibility index (Phi) is 15.0. The summed E-state index contributed by atoms with van der Waals surface area (Å²) in [6.45, 7) is 12.5. The number of anilines is 2.